The van der Waals surface area contributed by atoms with Crippen LogP contribution in [0.15, 0.2) is 42.7 Å². The first-order valence-corrected chi connectivity index (χ1v) is 6.21. The van der Waals surface area contributed by atoms with Crippen molar-refractivity contribution in [3.05, 3.63) is 53.9 Å². The number of aryl methyl sites for hydroxylation is 1. The summed E-state index contributed by atoms with van der Waals surface area (Å²) in [6.45, 7) is 6.07. The third-order valence-corrected chi connectivity index (χ3v) is 3.17. The summed E-state index contributed by atoms with van der Waals surface area (Å²) in [4.78, 5) is 6.30. The number of nitrogen functional groups attached to an aromatic ring is 1. The third-order valence-electron chi connectivity index (χ3n) is 3.17. The van der Waals surface area contributed by atoms with Gasteiger partial charge in [-0.25, -0.2) is 0 Å². The van der Waals surface area contributed by atoms with Crippen LogP contribution in [-0.4, -0.2) is 11.5 Å². The lowest BCUT2D eigenvalue weighted by Gasteiger charge is -2.25. The SMILES string of the molecule is CCN(Cc1ccccc1C)c1ccncc1N. The number of pyridine rings is 1. The van der Waals surface area contributed by atoms with Crippen LogP contribution >= 0.6 is 0 Å². The van der Waals surface area contributed by atoms with E-state index in [-0.39, 0.29) is 0 Å². The minimum Gasteiger partial charge on any atom is -0.396 e. The Hall–Kier alpha value is -2.03. The maximum absolute atomic E-state index is 5.98. The first kappa shape index (κ1) is 12.4. The average molecular weight is 241 g/mol. The molecule has 3 nitrogen and oxygen atoms in total. The lowest BCUT2D eigenvalue weighted by Crippen LogP contribution is -2.23. The summed E-state index contributed by atoms with van der Waals surface area (Å²) < 4.78 is 0. The Kier molecular flexibility index (Phi) is 3.82. The fourth-order valence-corrected chi connectivity index (χ4v) is 2.05. The van der Waals surface area contributed by atoms with E-state index < -0.39 is 0 Å². The number of anilines is 2. The van der Waals surface area contributed by atoms with Crippen molar-refractivity contribution in [1.82, 2.24) is 4.98 Å². The highest BCUT2D eigenvalue weighted by Crippen LogP contribution is 2.23. The second-order valence-electron chi connectivity index (χ2n) is 4.38. The normalized spacial score (nSPS) is 10.3. The predicted octanol–water partition coefficient (Wildman–Crippen LogP) is 3.00. The first-order chi connectivity index (χ1) is 8.72. The van der Waals surface area contributed by atoms with Gasteiger partial charge < -0.3 is 10.6 Å². The molecule has 0 aliphatic heterocycles. The molecule has 1 aromatic heterocycles. The van der Waals surface area contributed by atoms with Gasteiger partial charge in [0.05, 0.1) is 17.6 Å². The number of aromatic nitrogens is 1. The molecule has 0 radical (unpaired) electrons. The summed E-state index contributed by atoms with van der Waals surface area (Å²) in [5, 5.41) is 0. The molecular formula is C15H19N3. The van der Waals surface area contributed by atoms with Gasteiger partial charge in [-0.3, -0.25) is 4.98 Å². The molecule has 2 N–H and O–H groups in total. The van der Waals surface area contributed by atoms with Crippen molar-refractivity contribution in [1.29, 1.82) is 0 Å². The monoisotopic (exact) mass is 241 g/mol. The predicted molar refractivity (Wildman–Crippen MR) is 76.6 cm³/mol. The Morgan fingerprint density at radius 1 is 1.22 bits per heavy atom. The Morgan fingerprint density at radius 3 is 2.67 bits per heavy atom. The van der Waals surface area contributed by atoms with Gasteiger partial charge in [0.1, 0.15) is 0 Å². The van der Waals surface area contributed by atoms with E-state index in [0.29, 0.717) is 0 Å². The van der Waals surface area contributed by atoms with Crippen LogP contribution in [0.25, 0.3) is 0 Å². The molecule has 0 bridgehead atoms. The van der Waals surface area contributed by atoms with Crippen LogP contribution in [0.3, 0.4) is 0 Å². The van der Waals surface area contributed by atoms with Crippen molar-refractivity contribution in [3.63, 3.8) is 0 Å². The molecule has 1 heterocycles. The second-order valence-corrected chi connectivity index (χ2v) is 4.38. The largest absolute Gasteiger partial charge is 0.396 e. The molecule has 0 atom stereocenters. The summed E-state index contributed by atoms with van der Waals surface area (Å²) in [5.41, 5.74) is 10.4. The van der Waals surface area contributed by atoms with Crippen LogP contribution in [-0.2, 0) is 6.54 Å². The van der Waals surface area contributed by atoms with Gasteiger partial charge in [0.15, 0.2) is 0 Å². The smallest absolute Gasteiger partial charge is 0.0738 e. The minimum atomic E-state index is 0.730. The van der Waals surface area contributed by atoms with Crippen LogP contribution < -0.4 is 10.6 Å². The van der Waals surface area contributed by atoms with E-state index in [0.717, 1.165) is 24.5 Å². The van der Waals surface area contributed by atoms with Crippen molar-refractivity contribution < 1.29 is 0 Å². The van der Waals surface area contributed by atoms with E-state index in [1.54, 1.807) is 12.4 Å². The van der Waals surface area contributed by atoms with E-state index >= 15 is 0 Å². The summed E-state index contributed by atoms with van der Waals surface area (Å²) in [6, 6.07) is 10.4. The van der Waals surface area contributed by atoms with Gasteiger partial charge in [0.2, 0.25) is 0 Å². The minimum absolute atomic E-state index is 0.730. The van der Waals surface area contributed by atoms with E-state index in [4.69, 9.17) is 5.73 Å². The second kappa shape index (κ2) is 5.54. The molecule has 0 spiro atoms. The summed E-state index contributed by atoms with van der Waals surface area (Å²) >= 11 is 0. The van der Waals surface area contributed by atoms with Gasteiger partial charge in [-0.15, -0.1) is 0 Å². The summed E-state index contributed by atoms with van der Waals surface area (Å²) in [7, 11) is 0. The number of benzene rings is 1. The Labute approximate surface area is 108 Å². The highest BCUT2D eigenvalue weighted by molar-refractivity contribution is 5.66. The quantitative estimate of drug-likeness (QED) is 0.894. The molecule has 0 fully saturated rings. The number of rotatable bonds is 4. The Morgan fingerprint density at radius 2 is 2.00 bits per heavy atom. The van der Waals surface area contributed by atoms with Gasteiger partial charge in [0, 0.05) is 19.3 Å². The van der Waals surface area contributed by atoms with Crippen molar-refractivity contribution in [3.8, 4) is 0 Å². The summed E-state index contributed by atoms with van der Waals surface area (Å²) in [6.07, 6.45) is 3.49. The molecule has 2 rings (SSSR count). The molecule has 3 heteroatoms. The number of nitrogens with two attached hydrogens (primary N) is 1. The molecular weight excluding hydrogens is 222 g/mol. The van der Waals surface area contributed by atoms with E-state index in [1.807, 2.05) is 6.07 Å². The zero-order chi connectivity index (χ0) is 13.0. The molecule has 0 saturated heterocycles. The maximum Gasteiger partial charge on any atom is 0.0738 e. The molecule has 2 aromatic rings. The molecule has 0 aliphatic rings. The maximum atomic E-state index is 5.98. The molecule has 1 aromatic carbocycles. The van der Waals surface area contributed by atoms with E-state index in [1.165, 1.54) is 11.1 Å². The van der Waals surface area contributed by atoms with Crippen molar-refractivity contribution in [2.75, 3.05) is 17.2 Å². The van der Waals surface area contributed by atoms with Crippen LogP contribution in [0.1, 0.15) is 18.1 Å². The fraction of sp³-hybridized carbons (Fsp3) is 0.267. The highest BCUT2D eigenvalue weighted by atomic mass is 15.1. The van der Waals surface area contributed by atoms with Crippen molar-refractivity contribution in [2.45, 2.75) is 20.4 Å². The van der Waals surface area contributed by atoms with Crippen LogP contribution in [0.2, 0.25) is 0 Å². The van der Waals surface area contributed by atoms with Gasteiger partial charge in [-0.2, -0.15) is 0 Å². The Balaban J connectivity index is 2.26. The molecule has 94 valence electrons. The Bertz CT molecular complexity index is 523. The van der Waals surface area contributed by atoms with Crippen LogP contribution in [0.4, 0.5) is 11.4 Å². The van der Waals surface area contributed by atoms with Crippen LogP contribution in [0, 0.1) is 6.92 Å². The molecule has 18 heavy (non-hydrogen) atoms. The molecule has 0 amide bonds. The standard InChI is InChI=1S/C15H19N3/c1-3-18(15-8-9-17-10-14(15)16)11-13-7-5-4-6-12(13)2/h4-10H,3,11,16H2,1-2H3. The van der Waals surface area contributed by atoms with E-state index in [9.17, 15) is 0 Å². The topological polar surface area (TPSA) is 42.2 Å². The van der Waals surface area contributed by atoms with Gasteiger partial charge in [-0.05, 0) is 31.0 Å². The van der Waals surface area contributed by atoms with E-state index in [2.05, 4.69) is 48.0 Å². The number of nitrogens with zero attached hydrogens (tertiary/aromatic N) is 2. The lowest BCUT2D eigenvalue weighted by atomic mass is 10.1. The fourth-order valence-electron chi connectivity index (χ4n) is 2.05. The summed E-state index contributed by atoms with van der Waals surface area (Å²) in [5.74, 6) is 0. The third kappa shape index (κ3) is 2.62. The van der Waals surface area contributed by atoms with Gasteiger partial charge in [-0.1, -0.05) is 24.3 Å². The zero-order valence-electron chi connectivity index (χ0n) is 10.9. The van der Waals surface area contributed by atoms with Crippen molar-refractivity contribution in [2.24, 2.45) is 0 Å². The van der Waals surface area contributed by atoms with Crippen molar-refractivity contribution >= 4 is 11.4 Å². The molecule has 0 saturated carbocycles. The zero-order valence-corrected chi connectivity index (χ0v) is 10.9. The van der Waals surface area contributed by atoms with Crippen LogP contribution in [0.5, 0.6) is 0 Å². The molecule has 0 aliphatic carbocycles. The lowest BCUT2D eigenvalue weighted by molar-refractivity contribution is 0.827. The first-order valence-electron chi connectivity index (χ1n) is 6.21. The van der Waals surface area contributed by atoms with Gasteiger partial charge >= 0.3 is 0 Å². The highest BCUT2D eigenvalue weighted by Gasteiger charge is 2.09. The molecule has 0 unspecified atom stereocenters. The number of hydrogen-bond donors (Lipinski definition) is 1. The van der Waals surface area contributed by atoms with Gasteiger partial charge in [0.25, 0.3) is 0 Å². The average Bonchev–Trinajstić information content (AvgIpc) is 2.39. The number of hydrogen-bond acceptors (Lipinski definition) is 3.